The van der Waals surface area contributed by atoms with Gasteiger partial charge in [-0.2, -0.15) is 5.26 Å². The minimum Gasteiger partial charge on any atom is -0.493 e. The average Bonchev–Trinajstić information content (AvgIpc) is 3.02. The van der Waals surface area contributed by atoms with E-state index in [1.165, 1.54) is 11.3 Å². The molecule has 0 bridgehead atoms. The van der Waals surface area contributed by atoms with Gasteiger partial charge in [-0.05, 0) is 30.3 Å². The van der Waals surface area contributed by atoms with Gasteiger partial charge in [0.1, 0.15) is 11.1 Å². The molecule has 24 heavy (non-hydrogen) atoms. The van der Waals surface area contributed by atoms with Gasteiger partial charge in [-0.15, -0.1) is 11.3 Å². The summed E-state index contributed by atoms with van der Waals surface area (Å²) in [5.41, 5.74) is 2.12. The van der Waals surface area contributed by atoms with E-state index in [0.29, 0.717) is 22.1 Å². The molecule has 1 heterocycles. The third kappa shape index (κ3) is 3.14. The topological polar surface area (TPSA) is 55.1 Å². The second-order valence-corrected chi connectivity index (χ2v) is 6.83. The average molecular weight is 401 g/mol. The first-order chi connectivity index (χ1) is 11.7. The second kappa shape index (κ2) is 7.04. The number of halogens is 1. The molecular formula is C18H13BrN2O2S. The summed E-state index contributed by atoms with van der Waals surface area (Å²) >= 11 is 4.94. The first kappa shape index (κ1) is 16.5. The zero-order valence-corrected chi connectivity index (χ0v) is 15.4. The quantitative estimate of drug-likeness (QED) is 0.568. The fraction of sp³-hybridized carbons (Fsp3) is 0.111. The van der Waals surface area contributed by atoms with E-state index in [0.717, 1.165) is 20.3 Å². The maximum atomic E-state index is 9.59. The number of ether oxygens (including phenoxy) is 2. The van der Waals surface area contributed by atoms with Crippen LogP contribution in [0.4, 0.5) is 0 Å². The van der Waals surface area contributed by atoms with Crippen LogP contribution in [0.1, 0.15) is 10.6 Å². The van der Waals surface area contributed by atoms with Crippen molar-refractivity contribution in [3.63, 3.8) is 0 Å². The summed E-state index contributed by atoms with van der Waals surface area (Å²) in [5.74, 6) is 1.18. The molecule has 0 atom stereocenters. The smallest absolute Gasteiger partial charge is 0.168 e. The zero-order valence-electron chi connectivity index (χ0n) is 13.0. The SMILES string of the molecule is COc1cc(Br)cc(/C=C(/C#N)c2nc3ccccc3s2)c1OC. The lowest BCUT2D eigenvalue weighted by Gasteiger charge is -2.11. The van der Waals surface area contributed by atoms with Crippen molar-refractivity contribution in [2.45, 2.75) is 0 Å². The highest BCUT2D eigenvalue weighted by Crippen LogP contribution is 2.37. The number of hydrogen-bond donors (Lipinski definition) is 0. The standard InChI is InChI=1S/C18H13BrN2O2S/c1-22-15-9-13(19)8-11(17(15)23-2)7-12(10-20)18-21-14-5-3-4-6-16(14)24-18/h3-9H,1-2H3/b12-7-. The Morgan fingerprint density at radius 3 is 2.71 bits per heavy atom. The molecule has 1 aromatic heterocycles. The Morgan fingerprint density at radius 2 is 2.04 bits per heavy atom. The molecule has 0 radical (unpaired) electrons. The van der Waals surface area contributed by atoms with Gasteiger partial charge >= 0.3 is 0 Å². The van der Waals surface area contributed by atoms with Crippen molar-refractivity contribution in [3.05, 3.63) is 51.4 Å². The fourth-order valence-corrected chi connectivity index (χ4v) is 3.74. The molecule has 4 nitrogen and oxygen atoms in total. The molecule has 2 aromatic carbocycles. The van der Waals surface area contributed by atoms with Crippen molar-refractivity contribution < 1.29 is 9.47 Å². The Hall–Kier alpha value is -2.36. The van der Waals surface area contributed by atoms with E-state index in [-0.39, 0.29) is 0 Å². The van der Waals surface area contributed by atoms with Crippen molar-refractivity contribution >= 4 is 49.1 Å². The number of methoxy groups -OCH3 is 2. The van der Waals surface area contributed by atoms with Crippen LogP contribution < -0.4 is 9.47 Å². The van der Waals surface area contributed by atoms with Crippen LogP contribution in [-0.4, -0.2) is 19.2 Å². The van der Waals surface area contributed by atoms with Crippen molar-refractivity contribution in [2.75, 3.05) is 14.2 Å². The maximum absolute atomic E-state index is 9.59. The van der Waals surface area contributed by atoms with Gasteiger partial charge < -0.3 is 9.47 Å². The van der Waals surface area contributed by atoms with Gasteiger partial charge in [-0.3, -0.25) is 0 Å². The number of benzene rings is 2. The summed E-state index contributed by atoms with van der Waals surface area (Å²) < 4.78 is 12.7. The van der Waals surface area contributed by atoms with E-state index in [2.05, 4.69) is 27.0 Å². The van der Waals surface area contributed by atoms with Crippen LogP contribution in [0.15, 0.2) is 40.9 Å². The predicted molar refractivity (Wildman–Crippen MR) is 100 cm³/mol. The molecule has 0 unspecified atom stereocenters. The molecule has 6 heteroatoms. The highest BCUT2D eigenvalue weighted by atomic mass is 79.9. The van der Waals surface area contributed by atoms with Crippen LogP contribution >= 0.6 is 27.3 Å². The van der Waals surface area contributed by atoms with E-state index >= 15 is 0 Å². The zero-order chi connectivity index (χ0) is 17.1. The Bertz CT molecular complexity index is 940. The van der Waals surface area contributed by atoms with E-state index in [4.69, 9.17) is 9.47 Å². The lowest BCUT2D eigenvalue weighted by Crippen LogP contribution is -1.94. The van der Waals surface area contributed by atoms with E-state index in [1.54, 1.807) is 20.3 Å². The molecule has 3 rings (SSSR count). The summed E-state index contributed by atoms with van der Waals surface area (Å²) in [4.78, 5) is 4.54. The van der Waals surface area contributed by atoms with Gasteiger partial charge in [0, 0.05) is 10.0 Å². The highest BCUT2D eigenvalue weighted by molar-refractivity contribution is 9.10. The number of hydrogen-bond acceptors (Lipinski definition) is 5. The second-order valence-electron chi connectivity index (χ2n) is 4.89. The maximum Gasteiger partial charge on any atom is 0.168 e. The van der Waals surface area contributed by atoms with Gasteiger partial charge in [0.15, 0.2) is 11.5 Å². The number of allylic oxidation sites excluding steroid dienone is 1. The molecule has 0 aliphatic heterocycles. The highest BCUT2D eigenvalue weighted by Gasteiger charge is 2.14. The molecule has 0 saturated heterocycles. The van der Waals surface area contributed by atoms with E-state index in [1.807, 2.05) is 36.4 Å². The fourth-order valence-electron chi connectivity index (χ4n) is 2.35. The van der Waals surface area contributed by atoms with Crippen LogP contribution in [-0.2, 0) is 0 Å². The molecular weight excluding hydrogens is 388 g/mol. The molecule has 0 fully saturated rings. The molecule has 0 aliphatic carbocycles. The number of thiazole rings is 1. The minimum absolute atomic E-state index is 0.481. The van der Waals surface area contributed by atoms with Crippen LogP contribution in [0, 0.1) is 11.3 Å². The lowest BCUT2D eigenvalue weighted by molar-refractivity contribution is 0.354. The van der Waals surface area contributed by atoms with E-state index in [9.17, 15) is 5.26 Å². The van der Waals surface area contributed by atoms with E-state index < -0.39 is 0 Å². The minimum atomic E-state index is 0.481. The van der Waals surface area contributed by atoms with Gasteiger partial charge in [-0.25, -0.2) is 4.98 Å². The Labute approximate surface area is 152 Å². The van der Waals surface area contributed by atoms with Crippen molar-refractivity contribution in [3.8, 4) is 17.6 Å². The predicted octanol–water partition coefficient (Wildman–Crippen LogP) is 5.14. The third-order valence-electron chi connectivity index (χ3n) is 3.42. The summed E-state index contributed by atoms with van der Waals surface area (Å²) in [6, 6.07) is 13.8. The first-order valence-electron chi connectivity index (χ1n) is 7.05. The number of nitriles is 1. The molecule has 0 aliphatic rings. The monoisotopic (exact) mass is 400 g/mol. The molecule has 0 spiro atoms. The number of aromatic nitrogens is 1. The largest absolute Gasteiger partial charge is 0.493 e. The number of rotatable bonds is 4. The third-order valence-corrected chi connectivity index (χ3v) is 4.94. The Balaban J connectivity index is 2.14. The molecule has 0 N–H and O–H groups in total. The number of nitrogens with zero attached hydrogens (tertiary/aromatic N) is 2. The van der Waals surface area contributed by atoms with Gasteiger partial charge in [0.25, 0.3) is 0 Å². The number of para-hydroxylation sites is 1. The molecule has 0 saturated carbocycles. The van der Waals surface area contributed by atoms with Gasteiger partial charge in [0.2, 0.25) is 0 Å². The van der Waals surface area contributed by atoms with Crippen molar-refractivity contribution in [2.24, 2.45) is 0 Å². The lowest BCUT2D eigenvalue weighted by atomic mass is 10.1. The Kier molecular flexibility index (Phi) is 4.84. The van der Waals surface area contributed by atoms with Crippen LogP contribution in [0.2, 0.25) is 0 Å². The summed E-state index contributed by atoms with van der Waals surface area (Å²) in [7, 11) is 3.16. The molecule has 120 valence electrons. The Morgan fingerprint density at radius 1 is 1.25 bits per heavy atom. The van der Waals surface area contributed by atoms with Crippen molar-refractivity contribution in [1.29, 1.82) is 5.26 Å². The van der Waals surface area contributed by atoms with Crippen LogP contribution in [0.3, 0.4) is 0 Å². The first-order valence-corrected chi connectivity index (χ1v) is 8.66. The summed E-state index contributed by atoms with van der Waals surface area (Å²) in [6.45, 7) is 0. The van der Waals surface area contributed by atoms with Gasteiger partial charge in [-0.1, -0.05) is 28.1 Å². The molecule has 3 aromatic rings. The summed E-state index contributed by atoms with van der Waals surface area (Å²) in [5, 5.41) is 10.3. The molecule has 0 amide bonds. The van der Waals surface area contributed by atoms with Crippen LogP contribution in [0.5, 0.6) is 11.5 Å². The van der Waals surface area contributed by atoms with Crippen molar-refractivity contribution in [1.82, 2.24) is 4.98 Å². The number of fused-ring (bicyclic) bond motifs is 1. The summed E-state index contributed by atoms with van der Waals surface area (Å²) in [6.07, 6.45) is 1.77. The normalized spacial score (nSPS) is 11.3. The van der Waals surface area contributed by atoms with Gasteiger partial charge in [0.05, 0.1) is 30.0 Å². The van der Waals surface area contributed by atoms with Crippen LogP contribution in [0.25, 0.3) is 21.9 Å².